The number of nitrogens with two attached hydrogens (primary N) is 1. The van der Waals surface area contributed by atoms with Crippen molar-refractivity contribution in [3.8, 4) is 0 Å². The van der Waals surface area contributed by atoms with Crippen molar-refractivity contribution in [3.05, 3.63) is 0 Å². The summed E-state index contributed by atoms with van der Waals surface area (Å²) in [6, 6.07) is 0. The standard InChI is InChI=1S/C12H25NS/c1-3-11-4-6-12(7-5-11)14-10(2)8-9-13/h10-12H,3-9,13H2,1-2H3. The fourth-order valence-corrected chi connectivity index (χ4v) is 3.78. The molecule has 2 heteroatoms. The van der Waals surface area contributed by atoms with Crippen LogP contribution in [-0.4, -0.2) is 17.0 Å². The van der Waals surface area contributed by atoms with E-state index in [1.807, 2.05) is 0 Å². The SMILES string of the molecule is CCC1CCC(SC(C)CCN)CC1. The van der Waals surface area contributed by atoms with Crippen LogP contribution in [0.25, 0.3) is 0 Å². The van der Waals surface area contributed by atoms with Crippen molar-refractivity contribution in [2.45, 2.75) is 62.9 Å². The van der Waals surface area contributed by atoms with E-state index >= 15 is 0 Å². The Balaban J connectivity index is 2.15. The van der Waals surface area contributed by atoms with Crippen molar-refractivity contribution in [2.75, 3.05) is 6.54 Å². The largest absolute Gasteiger partial charge is 0.330 e. The van der Waals surface area contributed by atoms with E-state index < -0.39 is 0 Å². The van der Waals surface area contributed by atoms with E-state index in [1.54, 1.807) is 0 Å². The van der Waals surface area contributed by atoms with E-state index in [1.165, 1.54) is 38.5 Å². The summed E-state index contributed by atoms with van der Waals surface area (Å²) in [7, 11) is 0. The molecule has 1 rings (SSSR count). The summed E-state index contributed by atoms with van der Waals surface area (Å²) in [5, 5.41) is 1.70. The zero-order valence-electron chi connectivity index (χ0n) is 9.67. The summed E-state index contributed by atoms with van der Waals surface area (Å²) < 4.78 is 0. The van der Waals surface area contributed by atoms with Crippen LogP contribution in [0.4, 0.5) is 0 Å². The van der Waals surface area contributed by atoms with Gasteiger partial charge < -0.3 is 5.73 Å². The van der Waals surface area contributed by atoms with E-state index in [9.17, 15) is 0 Å². The molecule has 0 spiro atoms. The van der Waals surface area contributed by atoms with Gasteiger partial charge in [0.2, 0.25) is 0 Å². The van der Waals surface area contributed by atoms with Gasteiger partial charge in [0.1, 0.15) is 0 Å². The lowest BCUT2D eigenvalue weighted by Gasteiger charge is -2.29. The van der Waals surface area contributed by atoms with Crippen LogP contribution in [0, 0.1) is 5.92 Å². The van der Waals surface area contributed by atoms with Gasteiger partial charge in [0.05, 0.1) is 0 Å². The molecular weight excluding hydrogens is 190 g/mol. The third kappa shape index (κ3) is 4.22. The first-order valence-electron chi connectivity index (χ1n) is 6.11. The minimum Gasteiger partial charge on any atom is -0.330 e. The molecule has 0 aromatic rings. The first-order chi connectivity index (χ1) is 6.76. The molecule has 14 heavy (non-hydrogen) atoms. The average Bonchev–Trinajstić information content (AvgIpc) is 2.19. The highest BCUT2D eigenvalue weighted by molar-refractivity contribution is 8.00. The highest BCUT2D eigenvalue weighted by Crippen LogP contribution is 2.35. The molecule has 2 N–H and O–H groups in total. The molecule has 0 amide bonds. The Morgan fingerprint density at radius 3 is 2.43 bits per heavy atom. The fourth-order valence-electron chi connectivity index (χ4n) is 2.31. The third-order valence-corrected chi connectivity index (χ3v) is 4.93. The average molecular weight is 215 g/mol. The van der Waals surface area contributed by atoms with E-state index in [2.05, 4.69) is 25.6 Å². The summed E-state index contributed by atoms with van der Waals surface area (Å²) in [6.45, 7) is 5.50. The van der Waals surface area contributed by atoms with Crippen molar-refractivity contribution >= 4 is 11.8 Å². The predicted molar refractivity (Wildman–Crippen MR) is 66.8 cm³/mol. The first kappa shape index (κ1) is 12.4. The Labute approximate surface area is 93.2 Å². The van der Waals surface area contributed by atoms with Crippen molar-refractivity contribution < 1.29 is 0 Å². The van der Waals surface area contributed by atoms with Crippen LogP contribution >= 0.6 is 11.8 Å². The minimum atomic E-state index is 0.767. The lowest BCUT2D eigenvalue weighted by Crippen LogP contribution is -2.19. The van der Waals surface area contributed by atoms with E-state index in [-0.39, 0.29) is 0 Å². The van der Waals surface area contributed by atoms with Gasteiger partial charge in [0.25, 0.3) is 0 Å². The molecule has 1 aliphatic carbocycles. The summed E-state index contributed by atoms with van der Waals surface area (Å²) >= 11 is 2.18. The van der Waals surface area contributed by atoms with Crippen molar-refractivity contribution in [1.29, 1.82) is 0 Å². The Morgan fingerprint density at radius 1 is 1.29 bits per heavy atom. The van der Waals surface area contributed by atoms with Crippen LogP contribution < -0.4 is 5.73 Å². The molecule has 1 atom stereocenters. The molecule has 0 heterocycles. The zero-order valence-corrected chi connectivity index (χ0v) is 10.5. The third-order valence-electron chi connectivity index (χ3n) is 3.37. The highest BCUT2D eigenvalue weighted by Gasteiger charge is 2.21. The molecule has 0 aromatic carbocycles. The fraction of sp³-hybridized carbons (Fsp3) is 1.00. The van der Waals surface area contributed by atoms with E-state index in [0.29, 0.717) is 0 Å². The van der Waals surface area contributed by atoms with Crippen molar-refractivity contribution in [3.63, 3.8) is 0 Å². The lowest BCUT2D eigenvalue weighted by atomic mass is 9.87. The van der Waals surface area contributed by atoms with Crippen LogP contribution in [0.3, 0.4) is 0 Å². The van der Waals surface area contributed by atoms with Crippen molar-refractivity contribution in [1.82, 2.24) is 0 Å². The van der Waals surface area contributed by atoms with Gasteiger partial charge in [0.15, 0.2) is 0 Å². The summed E-state index contributed by atoms with van der Waals surface area (Å²) in [5.74, 6) is 1.02. The van der Waals surface area contributed by atoms with Gasteiger partial charge in [-0.15, -0.1) is 0 Å². The Hall–Kier alpha value is 0.310. The zero-order chi connectivity index (χ0) is 10.4. The molecule has 1 fully saturated rings. The van der Waals surface area contributed by atoms with Gasteiger partial charge in [-0.3, -0.25) is 0 Å². The van der Waals surface area contributed by atoms with Gasteiger partial charge in [-0.25, -0.2) is 0 Å². The van der Waals surface area contributed by atoms with Crippen LogP contribution in [0.5, 0.6) is 0 Å². The van der Waals surface area contributed by atoms with Gasteiger partial charge in [-0.2, -0.15) is 11.8 Å². The number of thioether (sulfide) groups is 1. The first-order valence-corrected chi connectivity index (χ1v) is 7.06. The Bertz CT molecular complexity index is 141. The summed E-state index contributed by atoms with van der Waals surface area (Å²) in [6.07, 6.45) is 8.37. The summed E-state index contributed by atoms with van der Waals surface area (Å²) in [5.41, 5.74) is 5.56. The Morgan fingerprint density at radius 2 is 1.93 bits per heavy atom. The normalized spacial score (nSPS) is 30.2. The quantitative estimate of drug-likeness (QED) is 0.760. The monoisotopic (exact) mass is 215 g/mol. The van der Waals surface area contributed by atoms with Gasteiger partial charge in [0, 0.05) is 10.5 Å². The highest BCUT2D eigenvalue weighted by atomic mass is 32.2. The maximum absolute atomic E-state index is 5.56. The molecule has 1 unspecified atom stereocenters. The van der Waals surface area contributed by atoms with Crippen LogP contribution in [-0.2, 0) is 0 Å². The van der Waals surface area contributed by atoms with Crippen molar-refractivity contribution in [2.24, 2.45) is 11.7 Å². The maximum atomic E-state index is 5.56. The van der Waals surface area contributed by atoms with E-state index in [0.717, 1.165) is 23.0 Å². The van der Waals surface area contributed by atoms with E-state index in [4.69, 9.17) is 5.73 Å². The second-order valence-electron chi connectivity index (χ2n) is 4.58. The second-order valence-corrected chi connectivity index (χ2v) is 6.32. The predicted octanol–water partition coefficient (Wildman–Crippen LogP) is 3.43. The Kier molecular flexibility index (Phi) is 5.95. The van der Waals surface area contributed by atoms with Gasteiger partial charge in [-0.1, -0.05) is 20.3 Å². The number of hydrogen-bond donors (Lipinski definition) is 1. The van der Waals surface area contributed by atoms with Gasteiger partial charge >= 0.3 is 0 Å². The molecule has 0 radical (unpaired) electrons. The minimum absolute atomic E-state index is 0.767. The lowest BCUT2D eigenvalue weighted by molar-refractivity contribution is 0.356. The molecule has 0 bridgehead atoms. The molecule has 84 valence electrons. The maximum Gasteiger partial charge on any atom is 0.00499 e. The molecule has 1 aliphatic rings. The van der Waals surface area contributed by atoms with Crippen LogP contribution in [0.15, 0.2) is 0 Å². The second kappa shape index (κ2) is 6.73. The van der Waals surface area contributed by atoms with Gasteiger partial charge in [-0.05, 0) is 44.6 Å². The number of hydrogen-bond acceptors (Lipinski definition) is 2. The van der Waals surface area contributed by atoms with Crippen LogP contribution in [0.1, 0.15) is 52.4 Å². The number of rotatable bonds is 5. The molecule has 0 aliphatic heterocycles. The van der Waals surface area contributed by atoms with Crippen LogP contribution in [0.2, 0.25) is 0 Å². The summed E-state index contributed by atoms with van der Waals surface area (Å²) in [4.78, 5) is 0. The topological polar surface area (TPSA) is 26.0 Å². The molecular formula is C12H25NS. The molecule has 0 aromatic heterocycles. The smallest absolute Gasteiger partial charge is 0.00499 e. The molecule has 1 saturated carbocycles. The molecule has 0 saturated heterocycles. The molecule has 1 nitrogen and oxygen atoms in total.